The van der Waals surface area contributed by atoms with Crippen LogP contribution < -0.4 is 11.1 Å². The number of nitrogens with one attached hydrogen (secondary N) is 1. The minimum Gasteiger partial charge on any atom is -0.326 e. The van der Waals surface area contributed by atoms with Crippen molar-refractivity contribution in [3.63, 3.8) is 0 Å². The highest BCUT2D eigenvalue weighted by molar-refractivity contribution is 4.88. The van der Waals surface area contributed by atoms with Gasteiger partial charge in [0, 0.05) is 18.6 Å². The van der Waals surface area contributed by atoms with Crippen molar-refractivity contribution in [1.29, 1.82) is 0 Å². The molecule has 3 N–H and O–H groups in total. The van der Waals surface area contributed by atoms with Crippen LogP contribution in [0, 0.1) is 0 Å². The molecule has 2 heteroatoms. The lowest BCUT2D eigenvalue weighted by Crippen LogP contribution is -2.23. The van der Waals surface area contributed by atoms with Gasteiger partial charge in [-0.05, 0) is 12.8 Å². The number of hydrogen-bond acceptors (Lipinski definition) is 2. The van der Waals surface area contributed by atoms with E-state index in [4.69, 9.17) is 5.73 Å². The van der Waals surface area contributed by atoms with E-state index in [0.29, 0.717) is 12.1 Å². The Hall–Kier alpha value is -0.340. The monoisotopic (exact) mass is 126 g/mol. The summed E-state index contributed by atoms with van der Waals surface area (Å²) in [6, 6.07) is 0.965. The van der Waals surface area contributed by atoms with Gasteiger partial charge in [0.25, 0.3) is 0 Å². The third-order valence-electron chi connectivity index (χ3n) is 1.71. The Morgan fingerprint density at radius 1 is 1.78 bits per heavy atom. The Balaban J connectivity index is 2.21. The van der Waals surface area contributed by atoms with E-state index in [1.807, 2.05) is 6.08 Å². The zero-order valence-corrected chi connectivity index (χ0v) is 5.64. The summed E-state index contributed by atoms with van der Waals surface area (Å²) < 4.78 is 0. The molecule has 2 nitrogen and oxygen atoms in total. The molecule has 0 radical (unpaired) electrons. The third-order valence-corrected chi connectivity index (χ3v) is 1.71. The van der Waals surface area contributed by atoms with Crippen molar-refractivity contribution in [3.05, 3.63) is 12.7 Å². The average molecular weight is 126 g/mol. The van der Waals surface area contributed by atoms with Crippen LogP contribution in [0.25, 0.3) is 0 Å². The zero-order chi connectivity index (χ0) is 6.69. The maximum atomic E-state index is 5.66. The number of rotatable bonds is 2. The molecule has 0 amide bonds. The molecule has 1 heterocycles. The van der Waals surface area contributed by atoms with Crippen LogP contribution in [0.5, 0.6) is 0 Å². The molecule has 0 unspecified atom stereocenters. The van der Waals surface area contributed by atoms with Gasteiger partial charge in [-0.3, -0.25) is 0 Å². The Bertz CT molecular complexity index is 101. The maximum absolute atomic E-state index is 5.66. The van der Waals surface area contributed by atoms with Crippen LogP contribution in [0.2, 0.25) is 0 Å². The van der Waals surface area contributed by atoms with Crippen molar-refractivity contribution in [2.45, 2.75) is 24.9 Å². The first kappa shape index (κ1) is 6.78. The second-order valence-electron chi connectivity index (χ2n) is 2.63. The van der Waals surface area contributed by atoms with E-state index in [1.165, 1.54) is 0 Å². The van der Waals surface area contributed by atoms with Crippen LogP contribution in [0.3, 0.4) is 0 Å². The van der Waals surface area contributed by atoms with Gasteiger partial charge in [0.2, 0.25) is 0 Å². The molecule has 0 saturated carbocycles. The fourth-order valence-corrected chi connectivity index (χ4v) is 1.23. The molecule has 0 spiro atoms. The van der Waals surface area contributed by atoms with Gasteiger partial charge in [-0.2, -0.15) is 0 Å². The average Bonchev–Trinajstić information content (AvgIpc) is 2.17. The highest BCUT2D eigenvalue weighted by Gasteiger charge is 2.18. The van der Waals surface area contributed by atoms with Gasteiger partial charge >= 0.3 is 0 Å². The molecule has 0 bridgehead atoms. The van der Waals surface area contributed by atoms with Crippen LogP contribution in [0.1, 0.15) is 12.8 Å². The van der Waals surface area contributed by atoms with Crippen LogP contribution >= 0.6 is 0 Å². The van der Waals surface area contributed by atoms with Gasteiger partial charge in [0.1, 0.15) is 0 Å². The van der Waals surface area contributed by atoms with Crippen molar-refractivity contribution >= 4 is 0 Å². The van der Waals surface area contributed by atoms with Crippen LogP contribution in [-0.4, -0.2) is 18.6 Å². The molecule has 1 aliphatic rings. The summed E-state index contributed by atoms with van der Waals surface area (Å²) in [7, 11) is 0. The molecule has 2 atom stereocenters. The Morgan fingerprint density at radius 2 is 2.56 bits per heavy atom. The van der Waals surface area contributed by atoms with E-state index in [1.54, 1.807) is 0 Å². The second kappa shape index (κ2) is 2.99. The van der Waals surface area contributed by atoms with E-state index < -0.39 is 0 Å². The summed E-state index contributed by atoms with van der Waals surface area (Å²) in [5.41, 5.74) is 5.66. The van der Waals surface area contributed by atoms with Crippen molar-refractivity contribution in [1.82, 2.24) is 5.32 Å². The Morgan fingerprint density at radius 3 is 3.00 bits per heavy atom. The standard InChI is InChI=1S/C7H14N2/c1-2-3-7-4-6(8)5-9-7/h2,6-7,9H,1,3-5,8H2/t6-,7-/m0/s1. The van der Waals surface area contributed by atoms with Crippen molar-refractivity contribution < 1.29 is 0 Å². The fourth-order valence-electron chi connectivity index (χ4n) is 1.23. The van der Waals surface area contributed by atoms with Crippen LogP contribution in [-0.2, 0) is 0 Å². The zero-order valence-electron chi connectivity index (χ0n) is 5.64. The van der Waals surface area contributed by atoms with E-state index in [0.717, 1.165) is 19.4 Å². The lowest BCUT2D eigenvalue weighted by atomic mass is 10.1. The van der Waals surface area contributed by atoms with E-state index in [-0.39, 0.29) is 0 Å². The summed E-state index contributed by atoms with van der Waals surface area (Å²) >= 11 is 0. The first-order valence-corrected chi connectivity index (χ1v) is 3.43. The van der Waals surface area contributed by atoms with Crippen molar-refractivity contribution in [3.8, 4) is 0 Å². The van der Waals surface area contributed by atoms with Gasteiger partial charge in [-0.1, -0.05) is 6.08 Å². The lowest BCUT2D eigenvalue weighted by Gasteiger charge is -2.03. The van der Waals surface area contributed by atoms with Gasteiger partial charge in [0.15, 0.2) is 0 Å². The largest absolute Gasteiger partial charge is 0.326 e. The highest BCUT2D eigenvalue weighted by atomic mass is 15.0. The molecular weight excluding hydrogens is 112 g/mol. The van der Waals surface area contributed by atoms with Crippen molar-refractivity contribution in [2.75, 3.05) is 6.54 Å². The lowest BCUT2D eigenvalue weighted by molar-refractivity contribution is 0.609. The molecular formula is C7H14N2. The van der Waals surface area contributed by atoms with Gasteiger partial charge in [-0.15, -0.1) is 6.58 Å². The Kier molecular flexibility index (Phi) is 2.25. The van der Waals surface area contributed by atoms with Crippen LogP contribution in [0.4, 0.5) is 0 Å². The summed E-state index contributed by atoms with van der Waals surface area (Å²) in [5, 5.41) is 3.31. The van der Waals surface area contributed by atoms with Crippen molar-refractivity contribution in [2.24, 2.45) is 5.73 Å². The predicted octanol–water partition coefficient (Wildman–Crippen LogP) is 0.252. The number of nitrogens with two attached hydrogens (primary N) is 1. The van der Waals surface area contributed by atoms with E-state index >= 15 is 0 Å². The molecule has 0 aromatic rings. The van der Waals surface area contributed by atoms with Gasteiger partial charge in [0.05, 0.1) is 0 Å². The quantitative estimate of drug-likeness (QED) is 0.520. The van der Waals surface area contributed by atoms with E-state index in [2.05, 4.69) is 11.9 Å². The smallest absolute Gasteiger partial charge is 0.0180 e. The summed E-state index contributed by atoms with van der Waals surface area (Å²) in [6.45, 7) is 4.64. The molecule has 0 aromatic heterocycles. The molecule has 0 aromatic carbocycles. The first-order chi connectivity index (χ1) is 4.33. The minimum absolute atomic E-state index is 0.370. The predicted molar refractivity (Wildman–Crippen MR) is 39.2 cm³/mol. The summed E-state index contributed by atoms with van der Waals surface area (Å²) in [6.07, 6.45) is 4.09. The fraction of sp³-hybridized carbons (Fsp3) is 0.714. The molecule has 1 rings (SSSR count). The van der Waals surface area contributed by atoms with Gasteiger partial charge < -0.3 is 11.1 Å². The second-order valence-corrected chi connectivity index (χ2v) is 2.63. The summed E-state index contributed by atoms with van der Waals surface area (Å²) in [5.74, 6) is 0. The SMILES string of the molecule is C=CC[C@H]1C[C@H](N)CN1. The van der Waals surface area contributed by atoms with E-state index in [9.17, 15) is 0 Å². The molecule has 0 aliphatic carbocycles. The molecule has 1 fully saturated rings. The topological polar surface area (TPSA) is 38.0 Å². The van der Waals surface area contributed by atoms with Gasteiger partial charge in [-0.25, -0.2) is 0 Å². The molecule has 1 saturated heterocycles. The maximum Gasteiger partial charge on any atom is 0.0180 e. The normalized spacial score (nSPS) is 34.8. The number of hydrogen-bond donors (Lipinski definition) is 2. The first-order valence-electron chi connectivity index (χ1n) is 3.43. The molecule has 52 valence electrons. The molecule has 9 heavy (non-hydrogen) atoms. The third kappa shape index (κ3) is 1.80. The Labute approximate surface area is 56.1 Å². The van der Waals surface area contributed by atoms with Crippen LogP contribution in [0.15, 0.2) is 12.7 Å². The molecule has 1 aliphatic heterocycles. The minimum atomic E-state index is 0.370. The summed E-state index contributed by atoms with van der Waals surface area (Å²) in [4.78, 5) is 0. The highest BCUT2D eigenvalue weighted by Crippen LogP contribution is 2.07.